The highest BCUT2D eigenvalue weighted by molar-refractivity contribution is 5.98. The molecule has 8 aromatic rings. The molecule has 0 fully saturated rings. The Bertz CT molecular complexity index is 3070. The number of carbonyl (C=O) groups excluding carboxylic acids is 3. The lowest BCUT2D eigenvalue weighted by Gasteiger charge is -2.23. The van der Waals surface area contributed by atoms with Gasteiger partial charge >= 0.3 is 24.1 Å². The topological polar surface area (TPSA) is 425 Å². The van der Waals surface area contributed by atoms with Crippen LogP contribution in [0, 0.1) is 0 Å². The molecule has 30 heteroatoms. The van der Waals surface area contributed by atoms with Crippen molar-refractivity contribution in [3.63, 3.8) is 0 Å². The number of imidazole rings is 2. The zero-order valence-electron chi connectivity index (χ0n) is 34.0. The van der Waals surface area contributed by atoms with Crippen molar-refractivity contribution in [1.29, 1.82) is 0 Å². The zero-order valence-corrected chi connectivity index (χ0v) is 34.0. The SMILES string of the molecule is NN.NNC(=O)c1ccc(NCc2cnc3nc(N)[nH]c(=O)c3n2)cc1.Nc1nc2ncc(CN(C(=O)C(F)(F)F)c3ccc(C(=O)O)cc3)nc2c(=O)[nH]1.O=C(n1ccnc1)n1ccnc1. The van der Waals surface area contributed by atoms with Crippen LogP contribution in [0.5, 0.6) is 0 Å². The molecule has 6 aromatic heterocycles. The number of alkyl halides is 3. The normalized spacial score (nSPS) is 10.6. The van der Waals surface area contributed by atoms with Crippen LogP contribution in [0.2, 0.25) is 0 Å². The molecular weight excluding hydrogens is 894 g/mol. The number of benzene rings is 2. The number of anilines is 4. The van der Waals surface area contributed by atoms with Gasteiger partial charge in [-0.1, -0.05) is 0 Å². The van der Waals surface area contributed by atoms with E-state index >= 15 is 0 Å². The van der Waals surface area contributed by atoms with Gasteiger partial charge in [-0.2, -0.15) is 23.1 Å². The van der Waals surface area contributed by atoms with Crippen molar-refractivity contribution < 1.29 is 37.5 Å². The molecule has 2 amide bonds. The first-order chi connectivity index (χ1) is 32.0. The minimum absolute atomic E-state index is 0.00530. The minimum atomic E-state index is -5.21. The molecule has 0 aliphatic heterocycles. The van der Waals surface area contributed by atoms with E-state index in [2.05, 4.69) is 72.3 Å². The first-order valence-electron chi connectivity index (χ1n) is 18.4. The smallest absolute Gasteiger partial charge is 0.471 e. The highest BCUT2D eigenvalue weighted by atomic mass is 19.4. The molecule has 6 heterocycles. The number of H-pyrrole nitrogens is 2. The van der Waals surface area contributed by atoms with Gasteiger partial charge < -0.3 is 21.9 Å². The van der Waals surface area contributed by atoms with E-state index in [1.54, 1.807) is 49.1 Å². The van der Waals surface area contributed by atoms with Crippen molar-refractivity contribution in [2.24, 2.45) is 17.5 Å². The Morgan fingerprint density at radius 1 is 0.731 bits per heavy atom. The van der Waals surface area contributed by atoms with Crippen molar-refractivity contribution in [3.8, 4) is 0 Å². The first kappa shape index (κ1) is 48.5. The maximum Gasteiger partial charge on any atom is 0.471 e. The number of halogens is 3. The third-order valence-electron chi connectivity index (χ3n) is 8.41. The van der Waals surface area contributed by atoms with E-state index in [4.69, 9.17) is 22.4 Å². The molecule has 27 nitrogen and oxygen atoms in total. The second-order valence-electron chi connectivity index (χ2n) is 12.8. The number of nitrogen functional groups attached to an aromatic ring is 3. The number of hydrogen-bond donors (Lipinski definition) is 10. The van der Waals surface area contributed by atoms with Gasteiger partial charge in [0.25, 0.3) is 17.0 Å². The summed E-state index contributed by atoms with van der Waals surface area (Å²) in [6, 6.07) is 10.7. The summed E-state index contributed by atoms with van der Waals surface area (Å²) in [5, 5.41) is 12.0. The fraction of sp³-hybridized carbons (Fsp3) is 0.0811. The highest BCUT2D eigenvalue weighted by Gasteiger charge is 2.43. The summed E-state index contributed by atoms with van der Waals surface area (Å²) in [5.74, 6) is 9.01. The molecule has 0 saturated carbocycles. The number of nitrogens with zero attached hydrogens (tertiary/aromatic N) is 11. The maximum absolute atomic E-state index is 13.1. The average molecular weight is 929 g/mol. The van der Waals surface area contributed by atoms with Gasteiger partial charge in [-0.25, -0.2) is 45.3 Å². The van der Waals surface area contributed by atoms with Crippen LogP contribution in [0.3, 0.4) is 0 Å². The third kappa shape index (κ3) is 12.6. The molecule has 0 aliphatic rings. The Hall–Kier alpha value is -9.55. The second-order valence-corrected chi connectivity index (χ2v) is 12.8. The lowest BCUT2D eigenvalue weighted by Crippen LogP contribution is -2.41. The van der Waals surface area contributed by atoms with Crippen LogP contribution in [0.25, 0.3) is 22.3 Å². The number of amides is 2. The fourth-order valence-electron chi connectivity index (χ4n) is 5.38. The van der Waals surface area contributed by atoms with Gasteiger partial charge in [0.1, 0.15) is 12.7 Å². The van der Waals surface area contributed by atoms with Gasteiger partial charge in [0.05, 0.1) is 42.4 Å². The van der Waals surface area contributed by atoms with E-state index in [-0.39, 0.29) is 63.1 Å². The minimum Gasteiger partial charge on any atom is -0.478 e. The number of aromatic carboxylic acids is 1. The van der Waals surface area contributed by atoms with Crippen molar-refractivity contribution in [3.05, 3.63) is 142 Å². The fourth-order valence-corrected chi connectivity index (χ4v) is 5.38. The van der Waals surface area contributed by atoms with Crippen LogP contribution in [0.15, 0.2) is 108 Å². The van der Waals surface area contributed by atoms with Gasteiger partial charge in [0.15, 0.2) is 22.3 Å². The average Bonchev–Trinajstić information content (AvgIpc) is 4.07. The summed E-state index contributed by atoms with van der Waals surface area (Å²) in [4.78, 5) is 105. The molecule has 2 aromatic carbocycles. The Morgan fingerprint density at radius 3 is 1.69 bits per heavy atom. The number of fused-ring (bicyclic) bond motifs is 2. The molecule has 346 valence electrons. The van der Waals surface area contributed by atoms with Crippen molar-refractivity contribution in [2.45, 2.75) is 19.3 Å². The number of carbonyl (C=O) groups is 4. The zero-order chi connectivity index (χ0) is 48.8. The Kier molecular flexibility index (Phi) is 15.7. The van der Waals surface area contributed by atoms with E-state index in [0.29, 0.717) is 22.7 Å². The number of nitrogens with two attached hydrogens (primary N) is 5. The van der Waals surface area contributed by atoms with Crippen LogP contribution >= 0.6 is 0 Å². The largest absolute Gasteiger partial charge is 0.478 e. The summed E-state index contributed by atoms with van der Waals surface area (Å²) in [5.41, 5.74) is 12.9. The van der Waals surface area contributed by atoms with Crippen LogP contribution in [0.1, 0.15) is 32.1 Å². The molecule has 0 unspecified atom stereocenters. The summed E-state index contributed by atoms with van der Waals surface area (Å²) >= 11 is 0. The van der Waals surface area contributed by atoms with Gasteiger partial charge in [-0.05, 0) is 48.5 Å². The van der Waals surface area contributed by atoms with Crippen LogP contribution < -0.4 is 55.8 Å². The number of rotatable bonds is 8. The van der Waals surface area contributed by atoms with Crippen LogP contribution in [-0.4, -0.2) is 94.1 Å². The van der Waals surface area contributed by atoms with E-state index in [0.717, 1.165) is 36.1 Å². The summed E-state index contributed by atoms with van der Waals surface area (Å²) < 4.78 is 41.9. The van der Waals surface area contributed by atoms with E-state index in [1.807, 2.05) is 0 Å². The number of hydrazine groups is 2. The van der Waals surface area contributed by atoms with Crippen LogP contribution in [0.4, 0.5) is 41.2 Å². The maximum atomic E-state index is 13.1. The molecule has 67 heavy (non-hydrogen) atoms. The van der Waals surface area contributed by atoms with Crippen molar-refractivity contribution in [2.75, 3.05) is 21.7 Å². The predicted octanol–water partition coefficient (Wildman–Crippen LogP) is 0.0147. The Morgan fingerprint density at radius 2 is 1.22 bits per heavy atom. The van der Waals surface area contributed by atoms with Crippen molar-refractivity contribution >= 4 is 69.4 Å². The first-order valence-corrected chi connectivity index (χ1v) is 18.4. The number of hydrogen-bond acceptors (Lipinski definition) is 20. The molecule has 0 saturated heterocycles. The predicted molar refractivity (Wildman–Crippen MR) is 230 cm³/mol. The molecule has 15 N–H and O–H groups in total. The molecule has 0 bridgehead atoms. The Balaban J connectivity index is 0.000000198. The van der Waals surface area contributed by atoms with Gasteiger partial charge in [-0.15, -0.1) is 0 Å². The van der Waals surface area contributed by atoms with Gasteiger partial charge in [0, 0.05) is 41.7 Å². The van der Waals surface area contributed by atoms with Crippen molar-refractivity contribution in [1.82, 2.24) is 64.4 Å². The van der Waals surface area contributed by atoms with E-state index < -0.39 is 35.7 Å². The van der Waals surface area contributed by atoms with Gasteiger partial charge in [0.2, 0.25) is 11.9 Å². The summed E-state index contributed by atoms with van der Waals surface area (Å²) in [6.45, 7) is -0.341. The highest BCUT2D eigenvalue weighted by Crippen LogP contribution is 2.26. The second kappa shape index (κ2) is 21.7. The molecular formula is C37H35F3N20O7. The number of aromatic amines is 2. The van der Waals surface area contributed by atoms with Crippen LogP contribution in [-0.2, 0) is 17.9 Å². The molecule has 0 spiro atoms. The van der Waals surface area contributed by atoms with E-state index in [1.165, 1.54) is 28.0 Å². The number of aromatic nitrogens is 12. The molecule has 0 aliphatic carbocycles. The summed E-state index contributed by atoms with van der Waals surface area (Å²) in [6.07, 6.45) is 6.52. The number of nitrogens with one attached hydrogen (secondary N) is 4. The molecule has 0 atom stereocenters. The van der Waals surface area contributed by atoms with Gasteiger partial charge in [-0.3, -0.25) is 60.3 Å². The number of carboxylic acids is 1. The Labute approximate surface area is 370 Å². The molecule has 8 rings (SSSR count). The standard InChI is InChI=1S/C16H11F3N6O4.C14H14N8O2.C7H6N4O.H4N2/c17-16(18,19)14(29)25(9-3-1-7(2-4-9)13(27)28)6-8-5-21-11-10(22-8)12(26)24-15(20)23-11;15-14-20-11-10(13(24)21-14)19-9(6-18-11)5-17-8-3-1-7(2-4-8)12(23)22-16;12-7(10-3-1-8-5-10)11-4-2-9-6-11;1-2/h1-5H,6H2,(H,27,28)(H3,20,21,23,24,26);1-4,6,17H,5,16H2,(H,22,23)(H3,15,18,20,21,24);1-6H;1-2H2. The monoisotopic (exact) mass is 928 g/mol. The third-order valence-corrected chi connectivity index (χ3v) is 8.41. The van der Waals surface area contributed by atoms with E-state index in [9.17, 15) is 41.9 Å². The number of carboxylic acid groups (broad SMARTS) is 1. The summed E-state index contributed by atoms with van der Waals surface area (Å²) in [7, 11) is 0. The lowest BCUT2D eigenvalue weighted by molar-refractivity contribution is -0.170. The quantitative estimate of drug-likeness (QED) is 0.0545. The lowest BCUT2D eigenvalue weighted by atomic mass is 10.2. The molecule has 0 radical (unpaired) electrons.